The van der Waals surface area contributed by atoms with E-state index in [9.17, 15) is 9.59 Å². The highest BCUT2D eigenvalue weighted by molar-refractivity contribution is 6.36. The number of carbonyl (C=O) groups excluding carboxylic acids is 1. The Morgan fingerprint density at radius 3 is 2.75 bits per heavy atom. The Morgan fingerprint density at radius 2 is 2.33 bits per heavy atom. The number of carbonyl (C=O) groups is 2. The summed E-state index contributed by atoms with van der Waals surface area (Å²) < 4.78 is 1.36. The van der Waals surface area contributed by atoms with Crippen molar-refractivity contribution in [1.29, 1.82) is 0 Å². The van der Waals surface area contributed by atoms with Crippen molar-refractivity contribution in [2.24, 2.45) is 7.05 Å². The zero-order valence-corrected chi connectivity index (χ0v) is 6.31. The highest BCUT2D eigenvalue weighted by Gasteiger charge is 2.12. The predicted molar refractivity (Wildman–Crippen MR) is 39.5 cm³/mol. The largest absolute Gasteiger partial charge is 0.474 e. The van der Waals surface area contributed by atoms with Crippen molar-refractivity contribution in [3.63, 3.8) is 0 Å². The maximum atomic E-state index is 10.6. The van der Waals surface area contributed by atoms with Gasteiger partial charge in [0.25, 0.3) is 0 Å². The fraction of sp³-hybridized carbons (Fsp3) is 0.167. The molecule has 0 radical (unpaired) electrons. The van der Waals surface area contributed by atoms with E-state index in [0.717, 1.165) is 0 Å². The monoisotopic (exact) mass is 169 g/mol. The summed E-state index contributed by atoms with van der Waals surface area (Å²) >= 11 is 0. The summed E-state index contributed by atoms with van der Waals surface area (Å²) in [5, 5.41) is 14.1. The van der Waals surface area contributed by atoms with Crippen molar-refractivity contribution in [1.82, 2.24) is 9.78 Å². The molecule has 1 amide bonds. The predicted octanol–water partition coefficient (Wildman–Crippen LogP) is -0.557. The van der Waals surface area contributed by atoms with Crippen LogP contribution in [0.1, 0.15) is 0 Å². The molecule has 0 bridgehead atoms. The first kappa shape index (κ1) is 8.25. The molecular weight excluding hydrogens is 162 g/mol. The van der Waals surface area contributed by atoms with Crippen LogP contribution in [0.4, 0.5) is 5.82 Å². The van der Waals surface area contributed by atoms with E-state index >= 15 is 0 Å². The van der Waals surface area contributed by atoms with Gasteiger partial charge in [0.15, 0.2) is 0 Å². The number of rotatable bonds is 1. The maximum Gasteiger partial charge on any atom is 0.394 e. The number of anilines is 1. The molecule has 0 aliphatic rings. The van der Waals surface area contributed by atoms with Gasteiger partial charge in [-0.2, -0.15) is 5.10 Å². The van der Waals surface area contributed by atoms with E-state index in [1.165, 1.54) is 16.9 Å². The first-order valence-electron chi connectivity index (χ1n) is 3.13. The number of nitrogens with one attached hydrogen (secondary N) is 1. The lowest BCUT2D eigenvalue weighted by atomic mass is 10.5. The molecular formula is C6H7N3O3. The summed E-state index contributed by atoms with van der Waals surface area (Å²) in [5.74, 6) is -2.24. The topological polar surface area (TPSA) is 84.2 Å². The van der Waals surface area contributed by atoms with Gasteiger partial charge in [0.05, 0.1) is 6.20 Å². The van der Waals surface area contributed by atoms with Gasteiger partial charge in [-0.3, -0.25) is 9.48 Å². The number of hydrogen-bond acceptors (Lipinski definition) is 3. The Hall–Kier alpha value is -1.85. The SMILES string of the molecule is Cn1nccc1NC(=O)C(=O)O. The average Bonchev–Trinajstić information content (AvgIpc) is 2.36. The molecule has 1 aromatic heterocycles. The molecule has 0 aliphatic carbocycles. The van der Waals surface area contributed by atoms with Gasteiger partial charge < -0.3 is 10.4 Å². The van der Waals surface area contributed by atoms with Crippen molar-refractivity contribution in [3.05, 3.63) is 12.3 Å². The summed E-state index contributed by atoms with van der Waals surface area (Å²) in [6, 6.07) is 1.50. The van der Waals surface area contributed by atoms with E-state index in [4.69, 9.17) is 5.11 Å². The molecule has 0 unspecified atom stereocenters. The van der Waals surface area contributed by atoms with Crippen LogP contribution >= 0.6 is 0 Å². The first-order chi connectivity index (χ1) is 5.61. The summed E-state index contributed by atoms with van der Waals surface area (Å²) in [7, 11) is 1.59. The fourth-order valence-electron chi connectivity index (χ4n) is 0.666. The van der Waals surface area contributed by atoms with Crippen LogP contribution in [0.25, 0.3) is 0 Å². The van der Waals surface area contributed by atoms with Gasteiger partial charge >= 0.3 is 11.9 Å². The van der Waals surface area contributed by atoms with Crippen LogP contribution in [0, 0.1) is 0 Å². The summed E-state index contributed by atoms with van der Waals surface area (Å²) in [5.41, 5.74) is 0. The highest BCUT2D eigenvalue weighted by Crippen LogP contribution is 2.02. The van der Waals surface area contributed by atoms with Crippen LogP contribution < -0.4 is 5.32 Å². The summed E-state index contributed by atoms with van der Waals surface area (Å²) in [6.07, 6.45) is 1.46. The quantitative estimate of drug-likeness (QED) is 0.552. The molecule has 0 aromatic carbocycles. The zero-order chi connectivity index (χ0) is 9.14. The molecule has 0 atom stereocenters. The molecule has 1 aromatic rings. The second kappa shape index (κ2) is 3.04. The number of hydrogen-bond donors (Lipinski definition) is 2. The Balaban J connectivity index is 2.71. The van der Waals surface area contributed by atoms with Crippen molar-refractivity contribution in [3.8, 4) is 0 Å². The molecule has 64 valence electrons. The van der Waals surface area contributed by atoms with Crippen molar-refractivity contribution >= 4 is 17.7 Å². The number of carboxylic acid groups (broad SMARTS) is 1. The van der Waals surface area contributed by atoms with Gasteiger partial charge in [0.1, 0.15) is 5.82 Å². The third kappa shape index (κ3) is 1.60. The molecule has 0 aliphatic heterocycles. The van der Waals surface area contributed by atoms with Gasteiger partial charge in [0, 0.05) is 13.1 Å². The molecule has 2 N–H and O–H groups in total. The Kier molecular flexibility index (Phi) is 2.09. The second-order valence-electron chi connectivity index (χ2n) is 2.10. The van der Waals surface area contributed by atoms with Gasteiger partial charge in [-0.1, -0.05) is 0 Å². The number of aliphatic carboxylic acids is 1. The van der Waals surface area contributed by atoms with Crippen LogP contribution in [-0.4, -0.2) is 26.8 Å². The van der Waals surface area contributed by atoms with Crippen molar-refractivity contribution in [2.75, 3.05) is 5.32 Å². The Labute approximate surface area is 67.8 Å². The van der Waals surface area contributed by atoms with E-state index in [-0.39, 0.29) is 0 Å². The van der Waals surface area contributed by atoms with Gasteiger partial charge in [-0.15, -0.1) is 0 Å². The minimum atomic E-state index is -1.52. The highest BCUT2D eigenvalue weighted by atomic mass is 16.4. The van der Waals surface area contributed by atoms with Crippen LogP contribution in [0.15, 0.2) is 12.3 Å². The number of nitrogens with zero attached hydrogens (tertiary/aromatic N) is 2. The van der Waals surface area contributed by atoms with E-state index in [2.05, 4.69) is 10.4 Å². The summed E-state index contributed by atoms with van der Waals surface area (Å²) in [4.78, 5) is 20.7. The normalized spacial score (nSPS) is 9.42. The Morgan fingerprint density at radius 1 is 1.67 bits per heavy atom. The van der Waals surface area contributed by atoms with Crippen LogP contribution in [0.3, 0.4) is 0 Å². The van der Waals surface area contributed by atoms with Gasteiger partial charge in [0.2, 0.25) is 0 Å². The second-order valence-corrected chi connectivity index (χ2v) is 2.10. The molecule has 6 heteroatoms. The lowest BCUT2D eigenvalue weighted by molar-refractivity contribution is -0.147. The first-order valence-corrected chi connectivity index (χ1v) is 3.13. The molecule has 0 fully saturated rings. The number of amides is 1. The minimum absolute atomic E-state index is 0.349. The van der Waals surface area contributed by atoms with E-state index in [1.54, 1.807) is 7.05 Å². The zero-order valence-electron chi connectivity index (χ0n) is 6.31. The smallest absolute Gasteiger partial charge is 0.394 e. The van der Waals surface area contributed by atoms with Crippen LogP contribution in [0.5, 0.6) is 0 Å². The fourth-order valence-corrected chi connectivity index (χ4v) is 0.666. The lowest BCUT2D eigenvalue weighted by Crippen LogP contribution is -2.23. The van der Waals surface area contributed by atoms with E-state index in [1.807, 2.05) is 0 Å². The van der Waals surface area contributed by atoms with Crippen molar-refractivity contribution < 1.29 is 14.7 Å². The molecule has 1 heterocycles. The van der Waals surface area contributed by atoms with Crippen LogP contribution in [0.2, 0.25) is 0 Å². The third-order valence-electron chi connectivity index (χ3n) is 1.26. The maximum absolute atomic E-state index is 10.6. The molecule has 12 heavy (non-hydrogen) atoms. The van der Waals surface area contributed by atoms with Gasteiger partial charge in [-0.05, 0) is 0 Å². The third-order valence-corrected chi connectivity index (χ3v) is 1.26. The van der Waals surface area contributed by atoms with Crippen molar-refractivity contribution in [2.45, 2.75) is 0 Å². The molecule has 0 saturated carbocycles. The minimum Gasteiger partial charge on any atom is -0.474 e. The molecule has 1 rings (SSSR count). The molecule has 6 nitrogen and oxygen atoms in total. The summed E-state index contributed by atoms with van der Waals surface area (Å²) in [6.45, 7) is 0. The molecule has 0 saturated heterocycles. The van der Waals surface area contributed by atoms with E-state index < -0.39 is 11.9 Å². The standard InChI is InChI=1S/C6H7N3O3/c1-9-4(2-3-7-9)8-5(10)6(11)12/h2-3H,1H3,(H,8,10)(H,11,12). The number of aromatic nitrogens is 2. The van der Waals surface area contributed by atoms with E-state index in [0.29, 0.717) is 5.82 Å². The molecule has 0 spiro atoms. The van der Waals surface area contributed by atoms with Crippen LogP contribution in [-0.2, 0) is 16.6 Å². The average molecular weight is 169 g/mol. The Bertz CT molecular complexity index is 318. The number of aryl methyl sites for hydroxylation is 1. The lowest BCUT2D eigenvalue weighted by Gasteiger charge is -2.00. The van der Waals surface area contributed by atoms with Gasteiger partial charge in [-0.25, -0.2) is 4.79 Å². The number of carboxylic acids is 1.